The average Bonchev–Trinajstić information content (AvgIpc) is 2.96. The topological polar surface area (TPSA) is 78.6 Å². The Morgan fingerprint density at radius 2 is 2.05 bits per heavy atom. The van der Waals surface area contributed by atoms with Gasteiger partial charge in [-0.2, -0.15) is 5.10 Å². The Kier molecular flexibility index (Phi) is 4.40. The molecule has 0 aliphatic carbocycles. The number of hydrogen-bond donors (Lipinski definition) is 2. The third-order valence-electron chi connectivity index (χ3n) is 4.38. The van der Waals surface area contributed by atoms with E-state index in [-0.39, 0.29) is 25.0 Å². The second-order valence-electron chi connectivity index (χ2n) is 5.85. The average molecular weight is 303 g/mol. The van der Waals surface area contributed by atoms with E-state index < -0.39 is 6.10 Å². The van der Waals surface area contributed by atoms with Gasteiger partial charge in [-0.05, 0) is 24.8 Å². The van der Waals surface area contributed by atoms with Crippen LogP contribution in [-0.2, 0) is 11.3 Å². The van der Waals surface area contributed by atoms with Crippen LogP contribution in [0.3, 0.4) is 0 Å². The van der Waals surface area contributed by atoms with Gasteiger partial charge in [-0.3, -0.25) is 9.48 Å². The van der Waals surface area contributed by atoms with Crippen molar-refractivity contribution in [2.75, 3.05) is 19.7 Å². The number of nitrogens with zero attached hydrogens (tertiary/aromatic N) is 3. The normalized spacial score (nSPS) is 17.8. The fraction of sp³-hybridized carbons (Fsp3) is 0.500. The number of fused-ring (bicyclic) bond motifs is 1. The van der Waals surface area contributed by atoms with E-state index in [4.69, 9.17) is 5.11 Å². The number of aromatic nitrogens is 2. The standard InChI is InChI=1S/C16H21N3O3/c20-11-15(21)12-5-7-18(8-6-12)16(22)10-19-9-13-3-1-2-4-14(13)17-19/h1-4,9,12,15,20-21H,5-8,10-11H2. The van der Waals surface area contributed by atoms with E-state index in [1.54, 1.807) is 4.68 Å². The van der Waals surface area contributed by atoms with Crippen LogP contribution in [-0.4, -0.2) is 56.6 Å². The zero-order chi connectivity index (χ0) is 15.5. The van der Waals surface area contributed by atoms with Gasteiger partial charge in [0.15, 0.2) is 0 Å². The highest BCUT2D eigenvalue weighted by molar-refractivity contribution is 5.79. The Morgan fingerprint density at radius 1 is 1.32 bits per heavy atom. The molecule has 1 fully saturated rings. The van der Waals surface area contributed by atoms with E-state index in [0.717, 1.165) is 23.7 Å². The van der Waals surface area contributed by atoms with E-state index in [0.29, 0.717) is 13.1 Å². The number of amides is 1. The fourth-order valence-electron chi connectivity index (χ4n) is 3.02. The van der Waals surface area contributed by atoms with Crippen LogP contribution in [0.5, 0.6) is 0 Å². The zero-order valence-corrected chi connectivity index (χ0v) is 12.4. The predicted molar refractivity (Wildman–Crippen MR) is 82.1 cm³/mol. The minimum atomic E-state index is -0.673. The van der Waals surface area contributed by atoms with Crippen molar-refractivity contribution in [2.45, 2.75) is 25.5 Å². The van der Waals surface area contributed by atoms with Gasteiger partial charge < -0.3 is 15.1 Å². The zero-order valence-electron chi connectivity index (χ0n) is 12.4. The van der Waals surface area contributed by atoms with Gasteiger partial charge in [-0.1, -0.05) is 18.2 Å². The number of carbonyl (C=O) groups is 1. The molecular weight excluding hydrogens is 282 g/mol. The van der Waals surface area contributed by atoms with Crippen LogP contribution in [0.1, 0.15) is 12.8 Å². The number of aliphatic hydroxyl groups excluding tert-OH is 2. The molecule has 0 saturated carbocycles. The third kappa shape index (κ3) is 3.13. The first-order valence-corrected chi connectivity index (χ1v) is 7.66. The highest BCUT2D eigenvalue weighted by Gasteiger charge is 2.27. The van der Waals surface area contributed by atoms with E-state index >= 15 is 0 Å². The van der Waals surface area contributed by atoms with E-state index in [1.807, 2.05) is 35.4 Å². The lowest BCUT2D eigenvalue weighted by Gasteiger charge is -2.33. The highest BCUT2D eigenvalue weighted by Crippen LogP contribution is 2.21. The molecule has 2 aromatic rings. The summed E-state index contributed by atoms with van der Waals surface area (Å²) in [5.41, 5.74) is 0.889. The summed E-state index contributed by atoms with van der Waals surface area (Å²) < 4.78 is 1.68. The highest BCUT2D eigenvalue weighted by atomic mass is 16.3. The molecule has 6 heteroatoms. The van der Waals surface area contributed by atoms with Crippen molar-refractivity contribution in [1.29, 1.82) is 0 Å². The first-order valence-electron chi connectivity index (χ1n) is 7.66. The maximum Gasteiger partial charge on any atom is 0.244 e. The van der Waals surface area contributed by atoms with Gasteiger partial charge in [-0.25, -0.2) is 0 Å². The number of benzene rings is 1. The molecule has 1 unspecified atom stereocenters. The summed E-state index contributed by atoms with van der Waals surface area (Å²) in [6.45, 7) is 1.28. The summed E-state index contributed by atoms with van der Waals surface area (Å²) >= 11 is 0. The second-order valence-corrected chi connectivity index (χ2v) is 5.85. The summed E-state index contributed by atoms with van der Waals surface area (Å²) in [6, 6.07) is 7.79. The summed E-state index contributed by atoms with van der Waals surface area (Å²) in [7, 11) is 0. The molecule has 1 atom stereocenters. The molecule has 0 bridgehead atoms. The first-order chi connectivity index (χ1) is 10.7. The van der Waals surface area contributed by atoms with Crippen LogP contribution in [0.2, 0.25) is 0 Å². The van der Waals surface area contributed by atoms with Gasteiger partial charge >= 0.3 is 0 Å². The van der Waals surface area contributed by atoms with Gasteiger partial charge in [0.2, 0.25) is 5.91 Å². The largest absolute Gasteiger partial charge is 0.394 e. The van der Waals surface area contributed by atoms with Crippen LogP contribution >= 0.6 is 0 Å². The molecule has 6 nitrogen and oxygen atoms in total. The number of rotatable bonds is 4. The molecular formula is C16H21N3O3. The van der Waals surface area contributed by atoms with Gasteiger partial charge in [0.05, 0.1) is 18.2 Å². The van der Waals surface area contributed by atoms with Crippen molar-refractivity contribution in [3.8, 4) is 0 Å². The van der Waals surface area contributed by atoms with Crippen molar-refractivity contribution in [1.82, 2.24) is 14.7 Å². The summed E-state index contributed by atoms with van der Waals surface area (Å²) in [5.74, 6) is 0.131. The van der Waals surface area contributed by atoms with Crippen LogP contribution < -0.4 is 0 Å². The molecule has 1 amide bonds. The van der Waals surface area contributed by atoms with Gasteiger partial charge in [-0.15, -0.1) is 0 Å². The minimum absolute atomic E-state index is 0.0461. The number of carbonyl (C=O) groups excluding carboxylic acids is 1. The van der Waals surface area contributed by atoms with Crippen molar-refractivity contribution >= 4 is 16.8 Å². The maximum atomic E-state index is 12.3. The van der Waals surface area contributed by atoms with E-state index in [1.165, 1.54) is 0 Å². The second kappa shape index (κ2) is 6.46. The summed E-state index contributed by atoms with van der Waals surface area (Å²) in [6.07, 6.45) is 2.67. The van der Waals surface area contributed by atoms with Crippen LogP contribution in [0.15, 0.2) is 30.5 Å². The van der Waals surface area contributed by atoms with Gasteiger partial charge in [0.1, 0.15) is 6.54 Å². The Labute approximate surface area is 129 Å². The van der Waals surface area contributed by atoms with Gasteiger partial charge in [0, 0.05) is 24.7 Å². The molecule has 1 aromatic heterocycles. The van der Waals surface area contributed by atoms with Crippen molar-refractivity contribution in [3.05, 3.63) is 30.5 Å². The molecule has 22 heavy (non-hydrogen) atoms. The van der Waals surface area contributed by atoms with Crippen LogP contribution in [0, 0.1) is 5.92 Å². The van der Waals surface area contributed by atoms with E-state index in [2.05, 4.69) is 5.10 Å². The molecule has 118 valence electrons. The molecule has 1 aliphatic rings. The molecule has 1 aromatic carbocycles. The van der Waals surface area contributed by atoms with Crippen molar-refractivity contribution in [3.63, 3.8) is 0 Å². The maximum absolute atomic E-state index is 12.3. The van der Waals surface area contributed by atoms with E-state index in [9.17, 15) is 9.90 Å². The first kappa shape index (κ1) is 15.0. The molecule has 0 radical (unpaired) electrons. The Hall–Kier alpha value is -1.92. The molecule has 2 heterocycles. The number of piperidine rings is 1. The summed E-state index contributed by atoms with van der Waals surface area (Å²) in [4.78, 5) is 14.2. The molecule has 0 spiro atoms. The molecule has 1 saturated heterocycles. The third-order valence-corrected chi connectivity index (χ3v) is 4.38. The van der Waals surface area contributed by atoms with Crippen molar-refractivity contribution < 1.29 is 15.0 Å². The summed E-state index contributed by atoms with van der Waals surface area (Å²) in [5, 5.41) is 24.1. The van der Waals surface area contributed by atoms with Crippen LogP contribution in [0.4, 0.5) is 0 Å². The van der Waals surface area contributed by atoms with Gasteiger partial charge in [0.25, 0.3) is 0 Å². The molecule has 1 aliphatic heterocycles. The lowest BCUT2D eigenvalue weighted by molar-refractivity contribution is -0.134. The van der Waals surface area contributed by atoms with Crippen molar-refractivity contribution in [2.24, 2.45) is 5.92 Å². The number of aliphatic hydroxyl groups is 2. The molecule has 3 rings (SSSR count). The Bertz CT molecular complexity index is 614. The fourth-order valence-corrected chi connectivity index (χ4v) is 3.02. The monoisotopic (exact) mass is 303 g/mol. The molecule has 2 N–H and O–H groups in total. The number of hydrogen-bond acceptors (Lipinski definition) is 4. The smallest absolute Gasteiger partial charge is 0.244 e. The minimum Gasteiger partial charge on any atom is -0.394 e. The SMILES string of the molecule is O=C(Cn1cc2ccccc2n1)N1CCC(C(O)CO)CC1. The Balaban J connectivity index is 1.58. The number of likely N-dealkylation sites (tertiary alicyclic amines) is 1. The predicted octanol–water partition coefficient (Wildman–Crippen LogP) is 0.628. The lowest BCUT2D eigenvalue weighted by atomic mass is 9.91. The Morgan fingerprint density at radius 3 is 2.73 bits per heavy atom. The van der Waals surface area contributed by atoms with Crippen LogP contribution in [0.25, 0.3) is 10.9 Å². The quantitative estimate of drug-likeness (QED) is 0.868. The lowest BCUT2D eigenvalue weighted by Crippen LogP contribution is -2.43.